The summed E-state index contributed by atoms with van der Waals surface area (Å²) in [4.78, 5) is 0. The van der Waals surface area contributed by atoms with Gasteiger partial charge in [0.2, 0.25) is 0 Å². The van der Waals surface area contributed by atoms with Crippen LogP contribution in [-0.4, -0.2) is 72.3 Å². The maximum atomic E-state index is 9.67. The summed E-state index contributed by atoms with van der Waals surface area (Å²) >= 11 is 0. The molecule has 0 saturated heterocycles. The van der Waals surface area contributed by atoms with Crippen LogP contribution in [0, 0.1) is 0 Å². The predicted molar refractivity (Wildman–Crippen MR) is 38.7 cm³/mol. The van der Waals surface area contributed by atoms with Crippen molar-refractivity contribution in [3.8, 4) is 0 Å². The fourth-order valence-electron chi connectivity index (χ4n) is 0. The fraction of sp³-hybridized carbons (Fsp3) is 1.00. The molecular formula is C6H14O4Sr. The van der Waals surface area contributed by atoms with Crippen molar-refractivity contribution in [2.24, 2.45) is 0 Å². The van der Waals surface area contributed by atoms with Crippen molar-refractivity contribution in [3.63, 3.8) is 0 Å². The molecule has 0 spiro atoms. The van der Waals surface area contributed by atoms with Crippen molar-refractivity contribution in [1.82, 2.24) is 0 Å². The van der Waals surface area contributed by atoms with Crippen LogP contribution < -0.4 is 10.2 Å². The molecule has 64 valence electrons. The molecule has 0 aromatic heterocycles. The molecule has 2 atom stereocenters. The third-order valence-corrected chi connectivity index (χ3v) is 0.664. The molecule has 0 aromatic rings. The van der Waals surface area contributed by atoms with Crippen molar-refractivity contribution < 1.29 is 19.7 Å². The Labute approximate surface area is 105 Å². The van der Waals surface area contributed by atoms with E-state index in [1.165, 1.54) is 28.1 Å². The van der Waals surface area contributed by atoms with Crippen molar-refractivity contribution in [3.05, 3.63) is 0 Å². The molecule has 0 saturated carbocycles. The van der Waals surface area contributed by atoms with Gasteiger partial charge in [-0.05, 0) is 12.6 Å². The molecule has 0 heterocycles. The van der Waals surface area contributed by atoms with E-state index in [4.69, 9.17) is 0 Å². The first kappa shape index (κ1) is 18.2. The molecule has 5 heteroatoms. The van der Waals surface area contributed by atoms with Gasteiger partial charge in [-0.25, -0.2) is 0 Å². The average molecular weight is 238 g/mol. The third kappa shape index (κ3) is 34.7. The summed E-state index contributed by atoms with van der Waals surface area (Å²) in [6.07, 6.45) is -1.73. The van der Waals surface area contributed by atoms with Crippen LogP contribution in [0.15, 0.2) is 0 Å². The summed E-state index contributed by atoms with van der Waals surface area (Å²) in [6, 6.07) is 0. The van der Waals surface area contributed by atoms with Gasteiger partial charge in [0.05, 0.1) is 0 Å². The van der Waals surface area contributed by atoms with Gasteiger partial charge in [0.15, 0.2) is 0 Å². The Bertz CT molecular complexity index is 50.5. The van der Waals surface area contributed by atoms with Gasteiger partial charge in [-0.2, -0.15) is 0 Å². The number of methoxy groups -OCH3 is 2. The fourth-order valence-corrected chi connectivity index (χ4v) is 0. The topological polar surface area (TPSA) is 64.6 Å². The van der Waals surface area contributed by atoms with E-state index in [0.717, 1.165) is 0 Å². The molecule has 0 aliphatic rings. The van der Waals surface area contributed by atoms with Crippen molar-refractivity contribution in [2.75, 3.05) is 14.2 Å². The second kappa shape index (κ2) is 13.9. The van der Waals surface area contributed by atoms with Gasteiger partial charge in [-0.3, -0.25) is 0 Å². The van der Waals surface area contributed by atoms with E-state index in [0.29, 0.717) is 0 Å². The molecule has 0 rings (SSSR count). The first-order chi connectivity index (χ1) is 4.54. The van der Waals surface area contributed by atoms with Crippen LogP contribution in [0.25, 0.3) is 0 Å². The molecular weight excluding hydrogens is 224 g/mol. The Kier molecular flexibility index (Phi) is 22.9. The molecule has 11 heavy (non-hydrogen) atoms. The van der Waals surface area contributed by atoms with E-state index in [1.807, 2.05) is 0 Å². The molecule has 2 unspecified atom stereocenters. The van der Waals surface area contributed by atoms with Crippen LogP contribution in [0.4, 0.5) is 0 Å². The van der Waals surface area contributed by atoms with Crippen LogP contribution in [0.3, 0.4) is 0 Å². The first-order valence-electron chi connectivity index (χ1n) is 2.91. The zero-order valence-corrected chi connectivity index (χ0v) is 11.0. The number of rotatable bonds is 2. The van der Waals surface area contributed by atoms with Crippen LogP contribution in [0.1, 0.15) is 13.8 Å². The minimum Gasteiger partial charge on any atom is -0.831 e. The second-order valence-electron chi connectivity index (χ2n) is 1.61. The Morgan fingerprint density at radius 2 is 1.00 bits per heavy atom. The minimum absolute atomic E-state index is 0. The number of ether oxygens (including phenoxy) is 2. The van der Waals surface area contributed by atoms with Crippen LogP contribution >= 0.6 is 0 Å². The molecule has 0 radical (unpaired) electrons. The molecule has 0 aliphatic heterocycles. The summed E-state index contributed by atoms with van der Waals surface area (Å²) in [5.41, 5.74) is 0. The molecule has 0 N–H and O–H groups in total. The van der Waals surface area contributed by atoms with E-state index in [-0.39, 0.29) is 45.5 Å². The van der Waals surface area contributed by atoms with Crippen molar-refractivity contribution in [2.45, 2.75) is 26.4 Å². The third-order valence-electron chi connectivity index (χ3n) is 0.664. The Morgan fingerprint density at radius 3 is 1.00 bits per heavy atom. The maximum Gasteiger partial charge on any atom is 2.00 e. The Balaban J connectivity index is -0.000000107. The zero-order valence-electron chi connectivity index (χ0n) is 7.49. The largest absolute Gasteiger partial charge is 2.00 e. The predicted octanol–water partition coefficient (Wildman–Crippen LogP) is -1.70. The van der Waals surface area contributed by atoms with Gasteiger partial charge in [-0.15, -0.1) is 0 Å². The normalized spacial score (nSPS) is 13.6. The molecule has 0 fully saturated rings. The summed E-state index contributed by atoms with van der Waals surface area (Å²) < 4.78 is 8.39. The van der Waals surface area contributed by atoms with E-state index >= 15 is 0 Å². The van der Waals surface area contributed by atoms with Crippen LogP contribution in [-0.2, 0) is 9.47 Å². The number of hydrogen-bond acceptors (Lipinski definition) is 4. The quantitative estimate of drug-likeness (QED) is 0.424. The Morgan fingerprint density at radius 1 is 0.909 bits per heavy atom. The van der Waals surface area contributed by atoms with Gasteiger partial charge in [0.25, 0.3) is 0 Å². The smallest absolute Gasteiger partial charge is 0.831 e. The SMILES string of the molecule is COC(C)[O-].COC(C)[O-].[Sr+2]. The van der Waals surface area contributed by atoms with Gasteiger partial charge >= 0.3 is 45.5 Å². The average Bonchev–Trinajstić information content (AvgIpc) is 1.89. The first-order valence-corrected chi connectivity index (χ1v) is 2.91. The van der Waals surface area contributed by atoms with Gasteiger partial charge < -0.3 is 19.7 Å². The number of hydrogen-bond donors (Lipinski definition) is 0. The van der Waals surface area contributed by atoms with Gasteiger partial charge in [-0.1, -0.05) is 13.8 Å². The zero-order chi connectivity index (χ0) is 8.57. The van der Waals surface area contributed by atoms with Crippen LogP contribution in [0.5, 0.6) is 0 Å². The summed E-state index contributed by atoms with van der Waals surface area (Å²) in [5.74, 6) is 0. The van der Waals surface area contributed by atoms with Gasteiger partial charge in [0.1, 0.15) is 0 Å². The summed E-state index contributed by atoms with van der Waals surface area (Å²) in [5, 5.41) is 19.3. The standard InChI is InChI=1S/2C3H7O2.Sr/c2*1-3(4)5-2;/h2*3H,1-2H3;/q2*-1;+2. The van der Waals surface area contributed by atoms with Crippen LogP contribution in [0.2, 0.25) is 0 Å². The summed E-state index contributed by atoms with van der Waals surface area (Å²) in [7, 11) is 2.77. The van der Waals surface area contributed by atoms with E-state index in [1.54, 1.807) is 0 Å². The maximum absolute atomic E-state index is 9.67. The second-order valence-corrected chi connectivity index (χ2v) is 1.61. The molecule has 0 bridgehead atoms. The summed E-state index contributed by atoms with van der Waals surface area (Å²) in [6.45, 7) is 2.89. The van der Waals surface area contributed by atoms with Crippen molar-refractivity contribution >= 4 is 45.5 Å². The van der Waals surface area contributed by atoms with E-state index < -0.39 is 12.6 Å². The minimum atomic E-state index is -0.866. The van der Waals surface area contributed by atoms with Crippen molar-refractivity contribution in [1.29, 1.82) is 0 Å². The van der Waals surface area contributed by atoms with E-state index in [2.05, 4.69) is 9.47 Å². The van der Waals surface area contributed by atoms with E-state index in [9.17, 15) is 10.2 Å². The molecule has 4 nitrogen and oxygen atoms in total. The molecule has 0 aliphatic carbocycles. The Hall–Kier alpha value is 1.32. The molecule has 0 amide bonds. The monoisotopic (exact) mass is 238 g/mol. The van der Waals surface area contributed by atoms with Gasteiger partial charge in [0, 0.05) is 14.2 Å². The molecule has 0 aromatic carbocycles.